The summed E-state index contributed by atoms with van der Waals surface area (Å²) in [5.74, 6) is -3.42. The van der Waals surface area contributed by atoms with Gasteiger partial charge in [-0.3, -0.25) is 4.79 Å². The second-order valence-corrected chi connectivity index (χ2v) is 4.67. The summed E-state index contributed by atoms with van der Waals surface area (Å²) in [7, 11) is 0. The average Bonchev–Trinajstić information content (AvgIpc) is 2.28. The van der Waals surface area contributed by atoms with E-state index in [1.54, 1.807) is 0 Å². The Balaban J connectivity index is 2.08. The summed E-state index contributed by atoms with van der Waals surface area (Å²) in [6.07, 6.45) is 0.885. The average molecular weight is 269 g/mol. The van der Waals surface area contributed by atoms with Crippen LogP contribution in [0.1, 0.15) is 24.8 Å². The van der Waals surface area contributed by atoms with Crippen LogP contribution in [0.5, 0.6) is 0 Å². The van der Waals surface area contributed by atoms with Crippen molar-refractivity contribution in [1.82, 2.24) is 5.32 Å². The third-order valence-electron chi connectivity index (χ3n) is 3.39. The molecule has 1 aliphatic rings. The van der Waals surface area contributed by atoms with Crippen LogP contribution in [-0.4, -0.2) is 22.5 Å². The van der Waals surface area contributed by atoms with Crippen molar-refractivity contribution in [2.24, 2.45) is 0 Å². The molecule has 1 saturated carbocycles. The van der Waals surface area contributed by atoms with E-state index >= 15 is 0 Å². The molecule has 0 aliphatic heterocycles. The molecule has 1 aromatic rings. The summed E-state index contributed by atoms with van der Waals surface area (Å²) in [5, 5.41) is 11.4. The normalized spacial score (nSPS) is 16.5. The van der Waals surface area contributed by atoms with Gasteiger partial charge in [0.05, 0.1) is 6.42 Å². The molecule has 2 N–H and O–H groups in total. The van der Waals surface area contributed by atoms with Crippen LogP contribution >= 0.6 is 0 Å². The van der Waals surface area contributed by atoms with E-state index in [0.29, 0.717) is 19.3 Å². The molecule has 1 aromatic carbocycles. The second-order valence-electron chi connectivity index (χ2n) is 4.67. The van der Waals surface area contributed by atoms with E-state index in [1.165, 1.54) is 6.07 Å². The van der Waals surface area contributed by atoms with E-state index in [4.69, 9.17) is 5.11 Å². The van der Waals surface area contributed by atoms with Gasteiger partial charge in [-0.15, -0.1) is 0 Å². The van der Waals surface area contributed by atoms with Gasteiger partial charge in [0.1, 0.15) is 17.2 Å². The molecule has 0 heterocycles. The highest BCUT2D eigenvalue weighted by Crippen LogP contribution is 2.32. The van der Waals surface area contributed by atoms with Crippen molar-refractivity contribution in [2.75, 3.05) is 0 Å². The van der Waals surface area contributed by atoms with Crippen molar-refractivity contribution in [3.63, 3.8) is 0 Å². The molecule has 0 bridgehead atoms. The number of carboxylic acids is 1. The molecule has 0 aromatic heterocycles. The van der Waals surface area contributed by atoms with Crippen molar-refractivity contribution in [3.8, 4) is 0 Å². The van der Waals surface area contributed by atoms with Gasteiger partial charge in [0.2, 0.25) is 5.91 Å². The Morgan fingerprint density at radius 2 is 1.84 bits per heavy atom. The van der Waals surface area contributed by atoms with Crippen LogP contribution in [-0.2, 0) is 16.0 Å². The molecule has 102 valence electrons. The fraction of sp³-hybridized carbons (Fsp3) is 0.385. The number of hydrogen-bond acceptors (Lipinski definition) is 2. The van der Waals surface area contributed by atoms with Gasteiger partial charge >= 0.3 is 5.97 Å². The molecule has 2 rings (SSSR count). The van der Waals surface area contributed by atoms with Gasteiger partial charge in [-0.2, -0.15) is 0 Å². The Morgan fingerprint density at radius 3 is 2.26 bits per heavy atom. The summed E-state index contributed by atoms with van der Waals surface area (Å²) < 4.78 is 26.7. The third-order valence-corrected chi connectivity index (χ3v) is 3.39. The zero-order valence-corrected chi connectivity index (χ0v) is 10.1. The van der Waals surface area contributed by atoms with E-state index in [0.717, 1.165) is 12.1 Å². The highest BCUT2D eigenvalue weighted by atomic mass is 19.1. The predicted molar refractivity (Wildman–Crippen MR) is 62.4 cm³/mol. The van der Waals surface area contributed by atoms with Crippen LogP contribution in [0, 0.1) is 11.6 Å². The van der Waals surface area contributed by atoms with E-state index in [1.807, 2.05) is 0 Å². The van der Waals surface area contributed by atoms with Gasteiger partial charge in [0, 0.05) is 5.56 Å². The van der Waals surface area contributed by atoms with Crippen molar-refractivity contribution < 1.29 is 23.5 Å². The summed E-state index contributed by atoms with van der Waals surface area (Å²) in [4.78, 5) is 22.8. The molecule has 0 radical (unpaired) electrons. The lowest BCUT2D eigenvalue weighted by Crippen LogP contribution is -2.59. The molecule has 0 atom stereocenters. The molecular weight excluding hydrogens is 256 g/mol. The first-order valence-electron chi connectivity index (χ1n) is 5.92. The van der Waals surface area contributed by atoms with Crippen LogP contribution in [0.25, 0.3) is 0 Å². The lowest BCUT2D eigenvalue weighted by atomic mass is 9.76. The highest BCUT2D eigenvalue weighted by molar-refractivity contribution is 5.88. The molecule has 4 nitrogen and oxygen atoms in total. The van der Waals surface area contributed by atoms with Crippen LogP contribution in [0.2, 0.25) is 0 Å². The Labute approximate surface area is 108 Å². The van der Waals surface area contributed by atoms with Crippen LogP contribution in [0.15, 0.2) is 18.2 Å². The zero-order valence-electron chi connectivity index (χ0n) is 10.1. The van der Waals surface area contributed by atoms with Gasteiger partial charge in [0.25, 0.3) is 0 Å². The van der Waals surface area contributed by atoms with Crippen molar-refractivity contribution in [2.45, 2.75) is 31.2 Å². The smallest absolute Gasteiger partial charge is 0.329 e. The molecular formula is C13H13F2NO3. The number of carbonyl (C=O) groups excluding carboxylic acids is 1. The first-order chi connectivity index (χ1) is 8.94. The quantitative estimate of drug-likeness (QED) is 0.873. The van der Waals surface area contributed by atoms with E-state index in [2.05, 4.69) is 5.32 Å². The molecule has 1 amide bonds. The Hall–Kier alpha value is -1.98. The maximum Gasteiger partial charge on any atom is 0.329 e. The maximum atomic E-state index is 13.4. The number of carboxylic acid groups (broad SMARTS) is 1. The van der Waals surface area contributed by atoms with Crippen LogP contribution in [0.4, 0.5) is 8.78 Å². The molecule has 1 fully saturated rings. The fourth-order valence-corrected chi connectivity index (χ4v) is 2.10. The lowest BCUT2D eigenvalue weighted by molar-refractivity contribution is -0.151. The van der Waals surface area contributed by atoms with Crippen molar-refractivity contribution >= 4 is 11.9 Å². The number of nitrogens with one attached hydrogen (secondary N) is 1. The van der Waals surface area contributed by atoms with E-state index in [9.17, 15) is 18.4 Å². The fourth-order valence-electron chi connectivity index (χ4n) is 2.10. The minimum Gasteiger partial charge on any atom is -0.480 e. The Bertz CT molecular complexity index is 506. The number of hydrogen-bond donors (Lipinski definition) is 2. The van der Waals surface area contributed by atoms with E-state index in [-0.39, 0.29) is 5.56 Å². The van der Waals surface area contributed by atoms with Gasteiger partial charge in [0.15, 0.2) is 0 Å². The SMILES string of the molecule is O=C(Cc1c(F)cccc1F)NC1(C(=O)O)CCC1. The van der Waals surface area contributed by atoms with Crippen LogP contribution in [0.3, 0.4) is 0 Å². The molecule has 1 aliphatic carbocycles. The molecule has 0 unspecified atom stereocenters. The van der Waals surface area contributed by atoms with Gasteiger partial charge < -0.3 is 10.4 Å². The number of rotatable bonds is 4. The highest BCUT2D eigenvalue weighted by Gasteiger charge is 2.45. The molecule has 0 spiro atoms. The minimum atomic E-state index is -1.27. The number of aliphatic carboxylic acids is 1. The first-order valence-corrected chi connectivity index (χ1v) is 5.92. The standard InChI is InChI=1S/C13H13F2NO3/c14-9-3-1-4-10(15)8(9)7-11(17)16-13(12(18)19)5-2-6-13/h1,3-4H,2,5-7H2,(H,16,17)(H,18,19). The molecule has 6 heteroatoms. The van der Waals surface area contributed by atoms with Crippen molar-refractivity contribution in [1.29, 1.82) is 0 Å². The minimum absolute atomic E-state index is 0.341. The van der Waals surface area contributed by atoms with Crippen molar-refractivity contribution in [3.05, 3.63) is 35.4 Å². The van der Waals surface area contributed by atoms with Crippen LogP contribution < -0.4 is 5.32 Å². The van der Waals surface area contributed by atoms with Gasteiger partial charge in [-0.05, 0) is 31.4 Å². The topological polar surface area (TPSA) is 66.4 Å². The molecule has 19 heavy (non-hydrogen) atoms. The van der Waals surface area contributed by atoms with Gasteiger partial charge in [-0.25, -0.2) is 13.6 Å². The summed E-state index contributed by atoms with van der Waals surface area (Å²) in [6, 6.07) is 3.32. The molecule has 0 saturated heterocycles. The summed E-state index contributed by atoms with van der Waals surface area (Å²) in [6.45, 7) is 0. The Kier molecular flexibility index (Phi) is 3.50. The number of carbonyl (C=O) groups is 2. The monoisotopic (exact) mass is 269 g/mol. The Morgan fingerprint density at radius 1 is 1.26 bits per heavy atom. The first kappa shape index (κ1) is 13.5. The predicted octanol–water partition coefficient (Wildman–Crippen LogP) is 1.63. The summed E-state index contributed by atoms with van der Waals surface area (Å²) >= 11 is 0. The summed E-state index contributed by atoms with van der Waals surface area (Å²) in [5.41, 5.74) is -1.61. The third kappa shape index (κ3) is 2.57. The van der Waals surface area contributed by atoms with Gasteiger partial charge in [-0.1, -0.05) is 6.07 Å². The zero-order chi connectivity index (χ0) is 14.0. The number of halogens is 2. The largest absolute Gasteiger partial charge is 0.480 e. The number of amides is 1. The maximum absolute atomic E-state index is 13.4. The second kappa shape index (κ2) is 4.95. The lowest BCUT2D eigenvalue weighted by Gasteiger charge is -2.38. The van der Waals surface area contributed by atoms with E-state index < -0.39 is 35.5 Å². The number of benzene rings is 1.